The second kappa shape index (κ2) is 10.2. The Morgan fingerprint density at radius 3 is 2.53 bits per heavy atom. The summed E-state index contributed by atoms with van der Waals surface area (Å²) in [7, 11) is 0. The van der Waals surface area contributed by atoms with E-state index in [0.717, 1.165) is 66.9 Å². The second-order valence-electron chi connectivity index (χ2n) is 10.6. The van der Waals surface area contributed by atoms with Crippen LogP contribution in [0.3, 0.4) is 0 Å². The van der Waals surface area contributed by atoms with E-state index in [9.17, 15) is 9.59 Å². The van der Waals surface area contributed by atoms with Crippen LogP contribution in [0.5, 0.6) is 0 Å². The van der Waals surface area contributed by atoms with Gasteiger partial charge >= 0.3 is 5.97 Å². The van der Waals surface area contributed by atoms with E-state index >= 15 is 0 Å². The van der Waals surface area contributed by atoms with Gasteiger partial charge in [-0.15, -0.1) is 0 Å². The summed E-state index contributed by atoms with van der Waals surface area (Å²) in [5.41, 5.74) is 4.62. The highest BCUT2D eigenvalue weighted by Crippen LogP contribution is 2.45. The number of carboxylic acid groups (broad SMARTS) is 1. The summed E-state index contributed by atoms with van der Waals surface area (Å²) in [6.45, 7) is 2.19. The molecule has 2 N–H and O–H groups in total. The van der Waals surface area contributed by atoms with Gasteiger partial charge < -0.3 is 24.6 Å². The Morgan fingerprint density at radius 1 is 1.11 bits per heavy atom. The number of pyridine rings is 1. The zero-order valence-corrected chi connectivity index (χ0v) is 21.4. The van der Waals surface area contributed by atoms with Crippen molar-refractivity contribution in [3.05, 3.63) is 65.0 Å². The molecule has 0 radical (unpaired) electrons. The number of amides is 1. The predicted octanol–water partition coefficient (Wildman–Crippen LogP) is 4.45. The number of ether oxygens (including phenoxy) is 1. The molecule has 6 rings (SSSR count). The summed E-state index contributed by atoms with van der Waals surface area (Å²) in [5.74, 6) is 0.773. The first-order valence-electron chi connectivity index (χ1n) is 13.4. The number of nitrogens with zero attached hydrogens (tertiary/aromatic N) is 3. The Morgan fingerprint density at radius 2 is 1.87 bits per heavy atom. The zero-order chi connectivity index (χ0) is 26.2. The van der Waals surface area contributed by atoms with Crippen molar-refractivity contribution in [2.75, 3.05) is 11.4 Å². The molecule has 0 spiro atoms. The molecule has 1 unspecified atom stereocenters. The number of fused-ring (bicyclic) bond motifs is 2. The molecular formula is C29H32N4O5. The third-order valence-corrected chi connectivity index (χ3v) is 7.99. The highest BCUT2D eigenvalue weighted by Gasteiger charge is 2.42. The number of carbonyl (C=O) groups is 2. The van der Waals surface area contributed by atoms with Crippen LogP contribution in [-0.4, -0.2) is 51.9 Å². The Bertz CT molecular complexity index is 1320. The van der Waals surface area contributed by atoms with Gasteiger partial charge in [0.15, 0.2) is 0 Å². The van der Waals surface area contributed by atoms with E-state index in [0.29, 0.717) is 30.2 Å². The minimum Gasteiger partial charge on any atom is -0.480 e. The largest absolute Gasteiger partial charge is 0.480 e. The lowest BCUT2D eigenvalue weighted by molar-refractivity contribution is -0.135. The minimum absolute atomic E-state index is 0.150. The molecule has 1 amide bonds. The van der Waals surface area contributed by atoms with Gasteiger partial charge in [-0.05, 0) is 63.1 Å². The van der Waals surface area contributed by atoms with Crippen LogP contribution in [0.1, 0.15) is 71.7 Å². The lowest BCUT2D eigenvalue weighted by Gasteiger charge is -2.39. The molecule has 3 fully saturated rings. The Hall–Kier alpha value is -3.72. The van der Waals surface area contributed by atoms with Crippen molar-refractivity contribution >= 4 is 17.7 Å². The van der Waals surface area contributed by atoms with E-state index in [1.807, 2.05) is 18.2 Å². The van der Waals surface area contributed by atoms with Gasteiger partial charge in [-0.25, -0.2) is 4.98 Å². The number of carboxylic acids is 1. The second-order valence-corrected chi connectivity index (χ2v) is 10.6. The van der Waals surface area contributed by atoms with Crippen LogP contribution in [0.4, 0.5) is 5.82 Å². The molecule has 198 valence electrons. The molecule has 3 aromatic rings. The maximum Gasteiger partial charge on any atom is 0.322 e. The normalized spacial score (nSPS) is 22.4. The van der Waals surface area contributed by atoms with E-state index in [4.69, 9.17) is 14.4 Å². The molecule has 2 saturated heterocycles. The van der Waals surface area contributed by atoms with Gasteiger partial charge in [-0.3, -0.25) is 9.59 Å². The van der Waals surface area contributed by atoms with Crippen molar-refractivity contribution in [1.82, 2.24) is 15.5 Å². The third kappa shape index (κ3) is 4.90. The Kier molecular flexibility index (Phi) is 6.61. The molecule has 2 aliphatic heterocycles. The summed E-state index contributed by atoms with van der Waals surface area (Å²) >= 11 is 0. The van der Waals surface area contributed by atoms with Gasteiger partial charge in [-0.2, -0.15) is 0 Å². The molecule has 2 bridgehead atoms. The molecule has 9 nitrogen and oxygen atoms in total. The molecule has 2 aromatic heterocycles. The molecule has 1 saturated carbocycles. The van der Waals surface area contributed by atoms with Crippen LogP contribution >= 0.6 is 0 Å². The van der Waals surface area contributed by atoms with E-state index < -0.39 is 18.4 Å². The van der Waals surface area contributed by atoms with Crippen LogP contribution in [0.15, 0.2) is 47.1 Å². The highest BCUT2D eigenvalue weighted by molar-refractivity contribution is 5.95. The minimum atomic E-state index is -1.08. The maximum atomic E-state index is 12.1. The standard InChI is InChI=1S/C29H32N4O5/c1-17-4-2-3-5-23(17)27-24(28(38-32-27)18-6-7-18)16-37-22-12-20-9-10-21(13-22)33(20)25-11-8-19(14-30-25)29(36)31-15-26(34)35/h2-5,8,11,14,18,20-22H,6-7,9-10,12-13,15-16H2,1H3,(H,31,36)(H,34,35)/t20-,21?,22-/m0/s1. The summed E-state index contributed by atoms with van der Waals surface area (Å²) in [5, 5.41) is 15.6. The van der Waals surface area contributed by atoms with Crippen LogP contribution in [0.2, 0.25) is 0 Å². The zero-order valence-electron chi connectivity index (χ0n) is 21.4. The fraction of sp³-hybridized carbons (Fsp3) is 0.448. The average molecular weight is 517 g/mol. The fourth-order valence-electron chi connectivity index (χ4n) is 5.95. The number of piperidine rings is 1. The number of carbonyl (C=O) groups excluding carboxylic acids is 1. The van der Waals surface area contributed by atoms with Crippen molar-refractivity contribution in [3.8, 4) is 11.3 Å². The van der Waals surface area contributed by atoms with Crippen LogP contribution in [0, 0.1) is 6.92 Å². The third-order valence-electron chi connectivity index (χ3n) is 7.99. The lowest BCUT2D eigenvalue weighted by atomic mass is 9.98. The van der Waals surface area contributed by atoms with Crippen molar-refractivity contribution in [3.63, 3.8) is 0 Å². The van der Waals surface area contributed by atoms with Crippen LogP contribution in [-0.2, 0) is 16.1 Å². The van der Waals surface area contributed by atoms with Crippen molar-refractivity contribution in [2.45, 2.75) is 76.2 Å². The first-order valence-corrected chi connectivity index (χ1v) is 13.4. The topological polar surface area (TPSA) is 118 Å². The van der Waals surface area contributed by atoms with Gasteiger partial charge in [0.05, 0.1) is 18.3 Å². The van der Waals surface area contributed by atoms with E-state index in [1.54, 1.807) is 6.07 Å². The molecular weight excluding hydrogens is 484 g/mol. The van der Waals surface area contributed by atoms with E-state index in [-0.39, 0.29) is 6.10 Å². The number of aromatic nitrogens is 2. The van der Waals surface area contributed by atoms with Crippen molar-refractivity contribution in [2.24, 2.45) is 0 Å². The Balaban J connectivity index is 1.12. The summed E-state index contributed by atoms with van der Waals surface area (Å²) in [4.78, 5) is 29.8. The van der Waals surface area contributed by atoms with Crippen molar-refractivity contribution in [1.29, 1.82) is 0 Å². The Labute approximate surface area is 221 Å². The number of anilines is 1. The first kappa shape index (κ1) is 24.6. The number of hydrogen-bond donors (Lipinski definition) is 2. The molecule has 9 heteroatoms. The van der Waals surface area contributed by atoms with Gasteiger partial charge in [-0.1, -0.05) is 29.4 Å². The summed E-state index contributed by atoms with van der Waals surface area (Å²) in [6.07, 6.45) is 7.97. The number of benzene rings is 1. The molecule has 4 heterocycles. The maximum absolute atomic E-state index is 12.1. The predicted molar refractivity (Wildman–Crippen MR) is 140 cm³/mol. The van der Waals surface area contributed by atoms with Gasteiger partial charge in [0.1, 0.15) is 23.8 Å². The van der Waals surface area contributed by atoms with Crippen molar-refractivity contribution < 1.29 is 24.0 Å². The number of aryl methyl sites for hydroxylation is 1. The molecule has 3 atom stereocenters. The number of rotatable bonds is 9. The number of aliphatic carboxylic acids is 1. The number of hydrogen-bond acceptors (Lipinski definition) is 7. The van der Waals surface area contributed by atoms with Gasteiger partial charge in [0.25, 0.3) is 5.91 Å². The SMILES string of the molecule is Cc1ccccc1-c1noc(C2CC2)c1CO[C@@H]1CC2CC[C@@H](C1)N2c1ccc(C(=O)NCC(=O)O)cn1. The molecule has 1 aliphatic carbocycles. The van der Waals surface area contributed by atoms with E-state index in [1.165, 1.54) is 11.8 Å². The van der Waals surface area contributed by atoms with Gasteiger partial charge in [0, 0.05) is 35.3 Å². The number of nitrogens with one attached hydrogen (secondary N) is 1. The smallest absolute Gasteiger partial charge is 0.322 e. The monoisotopic (exact) mass is 516 g/mol. The first-order chi connectivity index (χ1) is 18.5. The summed E-state index contributed by atoms with van der Waals surface area (Å²) in [6, 6.07) is 12.5. The fourth-order valence-corrected chi connectivity index (χ4v) is 5.95. The van der Waals surface area contributed by atoms with Crippen LogP contribution in [0.25, 0.3) is 11.3 Å². The highest BCUT2D eigenvalue weighted by atomic mass is 16.5. The molecule has 1 aromatic carbocycles. The average Bonchev–Trinajstić information content (AvgIpc) is 3.62. The molecule has 38 heavy (non-hydrogen) atoms. The van der Waals surface area contributed by atoms with Crippen LogP contribution < -0.4 is 10.2 Å². The summed E-state index contributed by atoms with van der Waals surface area (Å²) < 4.78 is 12.4. The molecule has 3 aliphatic rings. The van der Waals surface area contributed by atoms with E-state index in [2.05, 4.69) is 39.4 Å². The lowest BCUT2D eigenvalue weighted by Crippen LogP contribution is -2.46. The van der Waals surface area contributed by atoms with Gasteiger partial charge in [0.2, 0.25) is 0 Å². The quantitative estimate of drug-likeness (QED) is 0.428.